The van der Waals surface area contributed by atoms with Gasteiger partial charge in [-0.05, 0) is 25.0 Å². The summed E-state index contributed by atoms with van der Waals surface area (Å²) in [7, 11) is -3.28. The summed E-state index contributed by atoms with van der Waals surface area (Å²) in [6, 6.07) is 10.2. The van der Waals surface area contributed by atoms with Crippen molar-refractivity contribution in [3.8, 4) is 0 Å². The smallest absolute Gasteiger partial charge is 0.224 e. The number of anilines is 1. The summed E-state index contributed by atoms with van der Waals surface area (Å²) >= 11 is 0. The minimum absolute atomic E-state index is 0.0411. The zero-order chi connectivity index (χ0) is 20.9. The molecule has 2 saturated heterocycles. The van der Waals surface area contributed by atoms with Crippen molar-refractivity contribution in [2.24, 2.45) is 5.92 Å². The van der Waals surface area contributed by atoms with E-state index in [2.05, 4.69) is 22.3 Å². The Morgan fingerprint density at radius 3 is 2.41 bits per heavy atom. The molecule has 8 nitrogen and oxygen atoms in total. The van der Waals surface area contributed by atoms with Crippen molar-refractivity contribution in [2.75, 3.05) is 57.0 Å². The zero-order valence-corrected chi connectivity index (χ0v) is 17.7. The third kappa shape index (κ3) is 5.93. The summed E-state index contributed by atoms with van der Waals surface area (Å²) in [6.07, 6.45) is 2.78. The van der Waals surface area contributed by atoms with Crippen LogP contribution in [0.1, 0.15) is 19.3 Å². The molecule has 0 aromatic heterocycles. The number of rotatable bonds is 6. The highest BCUT2D eigenvalue weighted by Gasteiger charge is 2.30. The van der Waals surface area contributed by atoms with E-state index in [0.717, 1.165) is 13.1 Å². The largest absolute Gasteiger partial charge is 0.368 e. The molecule has 0 saturated carbocycles. The second-order valence-electron chi connectivity index (χ2n) is 7.70. The molecule has 0 spiro atoms. The molecule has 1 aromatic carbocycles. The molecule has 0 radical (unpaired) electrons. The minimum Gasteiger partial charge on any atom is -0.368 e. The number of carbonyl (C=O) groups excluding carboxylic acids is 2. The molecule has 160 valence electrons. The molecule has 2 amide bonds. The van der Waals surface area contributed by atoms with Crippen molar-refractivity contribution in [2.45, 2.75) is 19.3 Å². The summed E-state index contributed by atoms with van der Waals surface area (Å²) in [5, 5.41) is 2.81. The molecular formula is C20H30N4O4S. The maximum absolute atomic E-state index is 12.5. The molecule has 1 unspecified atom stereocenters. The van der Waals surface area contributed by atoms with Gasteiger partial charge in [0, 0.05) is 57.9 Å². The van der Waals surface area contributed by atoms with Crippen molar-refractivity contribution >= 4 is 27.5 Å². The maximum atomic E-state index is 12.5. The van der Waals surface area contributed by atoms with Gasteiger partial charge in [-0.25, -0.2) is 12.7 Å². The van der Waals surface area contributed by atoms with Gasteiger partial charge in [0.1, 0.15) is 0 Å². The quantitative estimate of drug-likeness (QED) is 0.722. The van der Waals surface area contributed by atoms with E-state index < -0.39 is 10.0 Å². The first-order valence-electron chi connectivity index (χ1n) is 10.1. The Morgan fingerprint density at radius 2 is 1.76 bits per heavy atom. The zero-order valence-electron chi connectivity index (χ0n) is 16.9. The number of amides is 2. The second kappa shape index (κ2) is 9.58. The van der Waals surface area contributed by atoms with E-state index in [-0.39, 0.29) is 37.2 Å². The van der Waals surface area contributed by atoms with Gasteiger partial charge in [-0.1, -0.05) is 18.2 Å². The van der Waals surface area contributed by atoms with Crippen LogP contribution in [0.2, 0.25) is 0 Å². The van der Waals surface area contributed by atoms with Crippen LogP contribution in [-0.2, 0) is 19.6 Å². The Bertz CT molecular complexity index is 807. The summed E-state index contributed by atoms with van der Waals surface area (Å²) < 4.78 is 24.7. The minimum atomic E-state index is -3.28. The van der Waals surface area contributed by atoms with Gasteiger partial charge in [0.25, 0.3) is 0 Å². The van der Waals surface area contributed by atoms with E-state index >= 15 is 0 Å². The number of carbonyl (C=O) groups is 2. The van der Waals surface area contributed by atoms with E-state index in [0.29, 0.717) is 32.5 Å². The van der Waals surface area contributed by atoms with Crippen molar-refractivity contribution in [1.29, 1.82) is 0 Å². The van der Waals surface area contributed by atoms with E-state index in [1.807, 2.05) is 23.1 Å². The SMILES string of the molecule is CS(=O)(=O)N1CCCC(C(=O)NCCC(=O)N2CCN(c3ccccc3)CC2)C1. The molecular weight excluding hydrogens is 392 g/mol. The van der Waals surface area contributed by atoms with Crippen LogP contribution in [0, 0.1) is 5.92 Å². The van der Waals surface area contributed by atoms with E-state index in [1.54, 1.807) is 0 Å². The predicted molar refractivity (Wildman–Crippen MR) is 112 cm³/mol. The van der Waals surface area contributed by atoms with Crippen LogP contribution in [0.3, 0.4) is 0 Å². The van der Waals surface area contributed by atoms with Crippen LogP contribution in [0.4, 0.5) is 5.69 Å². The fourth-order valence-corrected chi connectivity index (χ4v) is 4.82. The fraction of sp³-hybridized carbons (Fsp3) is 0.600. The average Bonchev–Trinajstić information content (AvgIpc) is 2.74. The van der Waals surface area contributed by atoms with Crippen LogP contribution < -0.4 is 10.2 Å². The number of sulfonamides is 1. The number of hydrogen-bond acceptors (Lipinski definition) is 5. The number of piperazine rings is 1. The number of nitrogens with one attached hydrogen (secondary N) is 1. The molecule has 0 bridgehead atoms. The molecule has 2 aliphatic rings. The van der Waals surface area contributed by atoms with Crippen LogP contribution >= 0.6 is 0 Å². The van der Waals surface area contributed by atoms with Crippen molar-refractivity contribution < 1.29 is 18.0 Å². The number of hydrogen-bond donors (Lipinski definition) is 1. The lowest BCUT2D eigenvalue weighted by Gasteiger charge is -2.36. The third-order valence-electron chi connectivity index (χ3n) is 5.62. The Kier molecular flexibility index (Phi) is 7.13. The summed E-state index contributed by atoms with van der Waals surface area (Å²) in [6.45, 7) is 3.92. The third-order valence-corrected chi connectivity index (χ3v) is 6.89. The molecule has 29 heavy (non-hydrogen) atoms. The number of nitrogens with zero attached hydrogens (tertiary/aromatic N) is 3. The topological polar surface area (TPSA) is 90.0 Å². The lowest BCUT2D eigenvalue weighted by molar-refractivity contribution is -0.131. The van der Waals surface area contributed by atoms with Gasteiger partial charge in [0.2, 0.25) is 21.8 Å². The van der Waals surface area contributed by atoms with Gasteiger partial charge in [-0.3, -0.25) is 9.59 Å². The Morgan fingerprint density at radius 1 is 1.07 bits per heavy atom. The van der Waals surface area contributed by atoms with Crippen LogP contribution in [0.5, 0.6) is 0 Å². The molecule has 0 aliphatic carbocycles. The highest BCUT2D eigenvalue weighted by molar-refractivity contribution is 7.88. The summed E-state index contributed by atoms with van der Waals surface area (Å²) in [4.78, 5) is 28.9. The molecule has 2 aliphatic heterocycles. The molecule has 1 N–H and O–H groups in total. The van der Waals surface area contributed by atoms with Crippen LogP contribution in [0.25, 0.3) is 0 Å². The Hall–Kier alpha value is -2.13. The first-order chi connectivity index (χ1) is 13.8. The average molecular weight is 423 g/mol. The second-order valence-corrected chi connectivity index (χ2v) is 9.69. The standard InChI is InChI=1S/C20H30N4O4S/c1-29(27,28)24-11-5-6-17(16-24)20(26)21-10-9-19(25)23-14-12-22(13-15-23)18-7-3-2-4-8-18/h2-4,7-8,17H,5-6,9-16H2,1H3,(H,21,26). The van der Waals surface area contributed by atoms with E-state index in [4.69, 9.17) is 0 Å². The van der Waals surface area contributed by atoms with Gasteiger partial charge < -0.3 is 15.1 Å². The fourth-order valence-electron chi connectivity index (χ4n) is 3.91. The Balaban J connectivity index is 1.38. The van der Waals surface area contributed by atoms with Crippen LogP contribution in [-0.4, -0.2) is 81.5 Å². The highest BCUT2D eigenvalue weighted by Crippen LogP contribution is 2.19. The first-order valence-corrected chi connectivity index (χ1v) is 12.0. The number of para-hydroxylation sites is 1. The predicted octanol–water partition coefficient (Wildman–Crippen LogP) is 0.513. The number of benzene rings is 1. The Labute approximate surface area is 172 Å². The molecule has 3 rings (SSSR count). The molecule has 2 heterocycles. The molecule has 2 fully saturated rings. The molecule has 1 aromatic rings. The van der Waals surface area contributed by atoms with Crippen molar-refractivity contribution in [1.82, 2.24) is 14.5 Å². The number of piperidine rings is 1. The van der Waals surface area contributed by atoms with Gasteiger partial charge in [-0.15, -0.1) is 0 Å². The lowest BCUT2D eigenvalue weighted by atomic mass is 9.99. The van der Waals surface area contributed by atoms with Crippen molar-refractivity contribution in [3.05, 3.63) is 30.3 Å². The normalized spacial score (nSPS) is 21.1. The summed E-state index contributed by atoms with van der Waals surface area (Å²) in [5.74, 6) is -0.470. The van der Waals surface area contributed by atoms with E-state index in [1.165, 1.54) is 16.2 Å². The lowest BCUT2D eigenvalue weighted by Crippen LogP contribution is -2.49. The van der Waals surface area contributed by atoms with Crippen LogP contribution in [0.15, 0.2) is 30.3 Å². The monoisotopic (exact) mass is 422 g/mol. The van der Waals surface area contributed by atoms with Gasteiger partial charge in [0.05, 0.1) is 12.2 Å². The van der Waals surface area contributed by atoms with Gasteiger partial charge in [-0.2, -0.15) is 0 Å². The van der Waals surface area contributed by atoms with Gasteiger partial charge in [0.15, 0.2) is 0 Å². The maximum Gasteiger partial charge on any atom is 0.224 e. The van der Waals surface area contributed by atoms with E-state index in [9.17, 15) is 18.0 Å². The molecule has 1 atom stereocenters. The first kappa shape index (κ1) is 21.6. The molecule has 9 heteroatoms. The van der Waals surface area contributed by atoms with Crippen molar-refractivity contribution in [3.63, 3.8) is 0 Å². The van der Waals surface area contributed by atoms with Gasteiger partial charge >= 0.3 is 0 Å². The summed E-state index contributed by atoms with van der Waals surface area (Å²) in [5.41, 5.74) is 1.17. The highest BCUT2D eigenvalue weighted by atomic mass is 32.2.